The average molecular weight is 403 g/mol. The van der Waals surface area contributed by atoms with Crippen LogP contribution in [0.4, 0.5) is 10.2 Å². The van der Waals surface area contributed by atoms with Crippen molar-refractivity contribution in [2.45, 2.75) is 6.92 Å². The number of aromatic amines is 1. The molecule has 0 saturated heterocycles. The third kappa shape index (κ3) is 4.02. The summed E-state index contributed by atoms with van der Waals surface area (Å²) in [5.74, 6) is 0.837. The molecule has 0 aliphatic carbocycles. The minimum absolute atomic E-state index is 0.317. The molecule has 0 atom stereocenters. The molecule has 0 unspecified atom stereocenters. The van der Waals surface area contributed by atoms with Crippen LogP contribution in [0, 0.1) is 12.7 Å². The Morgan fingerprint density at radius 2 is 1.90 bits per heavy atom. The summed E-state index contributed by atoms with van der Waals surface area (Å²) in [5.41, 5.74) is 2.91. The number of ether oxygens (including phenoxy) is 1. The van der Waals surface area contributed by atoms with Gasteiger partial charge in [0.2, 0.25) is 0 Å². The van der Waals surface area contributed by atoms with Gasteiger partial charge in [0.1, 0.15) is 11.6 Å². The van der Waals surface area contributed by atoms with Crippen LogP contribution in [0.2, 0.25) is 0 Å². The van der Waals surface area contributed by atoms with Crippen molar-refractivity contribution in [2.75, 3.05) is 12.4 Å². The fourth-order valence-corrected chi connectivity index (χ4v) is 2.94. The molecular formula is C22H18FN5O2. The van der Waals surface area contributed by atoms with Crippen molar-refractivity contribution in [1.82, 2.24) is 20.2 Å². The van der Waals surface area contributed by atoms with Gasteiger partial charge < -0.3 is 10.1 Å². The Morgan fingerprint density at radius 3 is 2.60 bits per heavy atom. The molecule has 30 heavy (non-hydrogen) atoms. The van der Waals surface area contributed by atoms with Crippen molar-refractivity contribution in [3.63, 3.8) is 0 Å². The number of carbonyl (C=O) groups is 1. The molecule has 7 nitrogen and oxygen atoms in total. The van der Waals surface area contributed by atoms with Crippen molar-refractivity contribution in [3.8, 4) is 28.4 Å². The molecule has 8 heteroatoms. The number of methoxy groups -OCH3 is 1. The maximum atomic E-state index is 13.4. The number of H-pyrrole nitrogens is 1. The van der Waals surface area contributed by atoms with Gasteiger partial charge in [0.15, 0.2) is 11.6 Å². The maximum Gasteiger partial charge on any atom is 0.260 e. The molecule has 4 aromatic rings. The molecule has 0 radical (unpaired) electrons. The van der Waals surface area contributed by atoms with Gasteiger partial charge in [0.05, 0.1) is 24.1 Å². The standard InChI is InChI=1S/C22H18FN5O2/c1-13-18(12-24-21(25-13)14-6-8-17(30-2)9-7-14)22(29)26-20-11-19(27-28-20)15-4-3-5-16(23)10-15/h3-12H,1-2H3,(H2,26,27,28,29). The second-order valence-electron chi connectivity index (χ2n) is 6.55. The van der Waals surface area contributed by atoms with E-state index in [1.54, 1.807) is 32.2 Å². The van der Waals surface area contributed by atoms with Gasteiger partial charge in [0, 0.05) is 23.4 Å². The van der Waals surface area contributed by atoms with Crippen LogP contribution in [0.3, 0.4) is 0 Å². The summed E-state index contributed by atoms with van der Waals surface area (Å²) in [4.78, 5) is 21.4. The molecule has 4 rings (SSSR count). The number of anilines is 1. The molecule has 0 bridgehead atoms. The summed E-state index contributed by atoms with van der Waals surface area (Å²) in [6, 6.07) is 15.1. The maximum absolute atomic E-state index is 13.4. The summed E-state index contributed by atoms with van der Waals surface area (Å²) in [6.07, 6.45) is 1.48. The first-order valence-corrected chi connectivity index (χ1v) is 9.14. The van der Waals surface area contributed by atoms with Crippen LogP contribution in [-0.2, 0) is 0 Å². The van der Waals surface area contributed by atoms with Crippen LogP contribution in [0.15, 0.2) is 60.8 Å². The third-order valence-electron chi connectivity index (χ3n) is 4.53. The van der Waals surface area contributed by atoms with Crippen LogP contribution in [0.1, 0.15) is 16.1 Å². The highest BCUT2D eigenvalue weighted by Gasteiger charge is 2.15. The Bertz CT molecular complexity index is 1200. The molecule has 2 heterocycles. The van der Waals surface area contributed by atoms with Gasteiger partial charge >= 0.3 is 0 Å². The molecule has 1 amide bonds. The van der Waals surface area contributed by atoms with Crippen LogP contribution < -0.4 is 10.1 Å². The molecule has 2 N–H and O–H groups in total. The lowest BCUT2D eigenvalue weighted by Gasteiger charge is -2.07. The number of hydrogen-bond donors (Lipinski definition) is 2. The Hall–Kier alpha value is -4.07. The Labute approximate surface area is 172 Å². The number of halogens is 1. The number of hydrogen-bond acceptors (Lipinski definition) is 5. The SMILES string of the molecule is COc1ccc(-c2ncc(C(=O)Nc3cc(-c4cccc(F)c4)[nH]n3)c(C)n2)cc1. The van der Waals surface area contributed by atoms with Crippen LogP contribution in [0.5, 0.6) is 5.75 Å². The van der Waals surface area contributed by atoms with Gasteiger partial charge in [-0.15, -0.1) is 0 Å². The minimum Gasteiger partial charge on any atom is -0.497 e. The number of carbonyl (C=O) groups excluding carboxylic acids is 1. The predicted octanol–water partition coefficient (Wildman–Crippen LogP) is 4.24. The first-order valence-electron chi connectivity index (χ1n) is 9.14. The molecule has 0 aliphatic rings. The highest BCUT2D eigenvalue weighted by Crippen LogP contribution is 2.22. The summed E-state index contributed by atoms with van der Waals surface area (Å²) in [7, 11) is 1.60. The van der Waals surface area contributed by atoms with Gasteiger partial charge in [0.25, 0.3) is 5.91 Å². The van der Waals surface area contributed by atoms with E-state index in [1.165, 1.54) is 18.3 Å². The fraction of sp³-hybridized carbons (Fsp3) is 0.0909. The van der Waals surface area contributed by atoms with E-state index < -0.39 is 0 Å². The van der Waals surface area contributed by atoms with Crippen LogP contribution in [0.25, 0.3) is 22.6 Å². The van der Waals surface area contributed by atoms with E-state index in [2.05, 4.69) is 25.5 Å². The molecule has 0 saturated carbocycles. The van der Waals surface area contributed by atoms with Gasteiger partial charge in [-0.3, -0.25) is 9.89 Å². The topological polar surface area (TPSA) is 92.8 Å². The lowest BCUT2D eigenvalue weighted by atomic mass is 10.1. The summed E-state index contributed by atoms with van der Waals surface area (Å²) < 4.78 is 18.6. The Balaban J connectivity index is 1.51. The molecule has 0 spiro atoms. The van der Waals surface area contributed by atoms with Gasteiger partial charge in [-0.25, -0.2) is 14.4 Å². The van der Waals surface area contributed by atoms with E-state index >= 15 is 0 Å². The van der Waals surface area contributed by atoms with E-state index in [-0.39, 0.29) is 11.7 Å². The first-order chi connectivity index (χ1) is 14.5. The van der Waals surface area contributed by atoms with E-state index in [0.29, 0.717) is 34.2 Å². The van der Waals surface area contributed by atoms with E-state index in [9.17, 15) is 9.18 Å². The summed E-state index contributed by atoms with van der Waals surface area (Å²) in [5, 5.41) is 9.56. The largest absolute Gasteiger partial charge is 0.497 e. The zero-order valence-electron chi connectivity index (χ0n) is 16.3. The van der Waals surface area contributed by atoms with Gasteiger partial charge in [-0.05, 0) is 43.3 Å². The fourth-order valence-electron chi connectivity index (χ4n) is 2.94. The minimum atomic E-state index is -0.383. The monoisotopic (exact) mass is 403 g/mol. The number of nitrogens with zero attached hydrogens (tertiary/aromatic N) is 3. The molecule has 2 aromatic heterocycles. The normalized spacial score (nSPS) is 10.6. The van der Waals surface area contributed by atoms with E-state index in [4.69, 9.17) is 4.74 Å². The molecular weight excluding hydrogens is 385 g/mol. The number of aryl methyl sites for hydroxylation is 1. The number of aromatic nitrogens is 4. The highest BCUT2D eigenvalue weighted by molar-refractivity contribution is 6.04. The first kappa shape index (κ1) is 19.3. The number of nitrogens with one attached hydrogen (secondary N) is 2. The van der Waals surface area contributed by atoms with E-state index in [0.717, 1.165) is 11.3 Å². The second-order valence-corrected chi connectivity index (χ2v) is 6.55. The van der Waals surface area contributed by atoms with Crippen LogP contribution in [-0.4, -0.2) is 33.2 Å². The van der Waals surface area contributed by atoms with Crippen molar-refractivity contribution >= 4 is 11.7 Å². The Kier molecular flexibility index (Phi) is 5.21. The smallest absolute Gasteiger partial charge is 0.260 e. The van der Waals surface area contributed by atoms with Crippen molar-refractivity contribution < 1.29 is 13.9 Å². The van der Waals surface area contributed by atoms with Gasteiger partial charge in [-0.2, -0.15) is 5.10 Å². The highest BCUT2D eigenvalue weighted by atomic mass is 19.1. The van der Waals surface area contributed by atoms with Gasteiger partial charge in [-0.1, -0.05) is 12.1 Å². The zero-order valence-corrected chi connectivity index (χ0v) is 16.3. The summed E-state index contributed by atoms with van der Waals surface area (Å²) in [6.45, 7) is 1.74. The number of rotatable bonds is 5. The number of benzene rings is 2. The quantitative estimate of drug-likeness (QED) is 0.520. The van der Waals surface area contributed by atoms with E-state index in [1.807, 2.05) is 24.3 Å². The molecule has 0 aliphatic heterocycles. The lowest BCUT2D eigenvalue weighted by Crippen LogP contribution is -2.15. The van der Waals surface area contributed by atoms with Crippen molar-refractivity contribution in [1.29, 1.82) is 0 Å². The van der Waals surface area contributed by atoms with Crippen molar-refractivity contribution in [3.05, 3.63) is 77.9 Å². The third-order valence-corrected chi connectivity index (χ3v) is 4.53. The molecule has 150 valence electrons. The predicted molar refractivity (Wildman–Crippen MR) is 111 cm³/mol. The Morgan fingerprint density at radius 1 is 1.10 bits per heavy atom. The molecule has 0 fully saturated rings. The second kappa shape index (κ2) is 8.12. The lowest BCUT2D eigenvalue weighted by molar-refractivity contribution is 0.102. The average Bonchev–Trinajstić information content (AvgIpc) is 3.22. The van der Waals surface area contributed by atoms with Crippen LogP contribution >= 0.6 is 0 Å². The molecule has 2 aromatic carbocycles. The number of amides is 1. The zero-order chi connectivity index (χ0) is 21.1. The van der Waals surface area contributed by atoms with Crippen molar-refractivity contribution in [2.24, 2.45) is 0 Å². The summed E-state index contributed by atoms with van der Waals surface area (Å²) >= 11 is 0.